The van der Waals surface area contributed by atoms with Gasteiger partial charge in [-0.15, -0.1) is 0 Å². The van der Waals surface area contributed by atoms with Crippen LogP contribution in [0.3, 0.4) is 0 Å². The van der Waals surface area contributed by atoms with E-state index in [4.69, 9.17) is 9.15 Å². The highest BCUT2D eigenvalue weighted by Gasteiger charge is 2.42. The van der Waals surface area contributed by atoms with Crippen LogP contribution in [0, 0.1) is 13.8 Å². The number of rotatable bonds is 8. The molecule has 0 bridgehead atoms. The lowest BCUT2D eigenvalue weighted by Crippen LogP contribution is -2.37. The highest BCUT2D eigenvalue weighted by molar-refractivity contribution is 5.99. The maximum Gasteiger partial charge on any atom is 0.290 e. The minimum atomic E-state index is -0.518. The van der Waals surface area contributed by atoms with Gasteiger partial charge in [-0.1, -0.05) is 26.0 Å². The van der Waals surface area contributed by atoms with Crippen molar-refractivity contribution in [2.75, 3.05) is 26.2 Å². The van der Waals surface area contributed by atoms with Gasteiger partial charge in [-0.05, 0) is 81.7 Å². The molecule has 0 radical (unpaired) electrons. The van der Waals surface area contributed by atoms with Crippen LogP contribution in [-0.4, -0.2) is 48.0 Å². The summed E-state index contributed by atoms with van der Waals surface area (Å²) >= 11 is 0. The Labute approximate surface area is 201 Å². The third-order valence-corrected chi connectivity index (χ3v) is 6.68. The van der Waals surface area contributed by atoms with Crippen LogP contribution in [-0.2, 0) is 0 Å². The van der Waals surface area contributed by atoms with Gasteiger partial charge in [0.2, 0.25) is 5.76 Å². The second-order valence-corrected chi connectivity index (χ2v) is 9.27. The van der Waals surface area contributed by atoms with Crippen LogP contribution in [0.4, 0.5) is 0 Å². The van der Waals surface area contributed by atoms with Crippen molar-refractivity contribution in [1.82, 2.24) is 9.80 Å². The van der Waals surface area contributed by atoms with Gasteiger partial charge in [-0.2, -0.15) is 0 Å². The quantitative estimate of drug-likeness (QED) is 0.467. The molecule has 1 amide bonds. The number of likely N-dealkylation sites (N-methyl/N-ethyl adjacent to an activating group) is 1. The fourth-order valence-corrected chi connectivity index (χ4v) is 4.67. The molecule has 6 heteroatoms. The zero-order valence-corrected chi connectivity index (χ0v) is 21.0. The Hall–Kier alpha value is -3.12. The summed E-state index contributed by atoms with van der Waals surface area (Å²) in [5.74, 6) is 0.633. The summed E-state index contributed by atoms with van der Waals surface area (Å²) in [5.41, 5.74) is 3.63. The van der Waals surface area contributed by atoms with Crippen LogP contribution in [0.15, 0.2) is 45.6 Å². The van der Waals surface area contributed by atoms with Crippen molar-refractivity contribution in [1.29, 1.82) is 0 Å². The average Bonchev–Trinajstić information content (AvgIpc) is 3.08. The number of hydrogen-bond donors (Lipinski definition) is 0. The maximum atomic E-state index is 13.8. The zero-order valence-electron chi connectivity index (χ0n) is 21.0. The SMILES string of the molecule is CCN(CC)CCN1C(=O)c2oc3cc(C)c(C)cc3c(=O)c2C1c1cccc(OC(C)C)c1. The van der Waals surface area contributed by atoms with Crippen LogP contribution in [0.2, 0.25) is 0 Å². The first-order valence-electron chi connectivity index (χ1n) is 12.1. The number of aryl methyl sites for hydroxylation is 2. The molecule has 3 aromatic rings. The van der Waals surface area contributed by atoms with Gasteiger partial charge < -0.3 is 19.0 Å². The highest BCUT2D eigenvalue weighted by atomic mass is 16.5. The molecule has 1 aliphatic heterocycles. The lowest BCUT2D eigenvalue weighted by atomic mass is 9.97. The Morgan fingerprint density at radius 3 is 2.44 bits per heavy atom. The smallest absolute Gasteiger partial charge is 0.290 e. The molecule has 6 nitrogen and oxygen atoms in total. The second-order valence-electron chi connectivity index (χ2n) is 9.27. The topological polar surface area (TPSA) is 63.0 Å². The predicted octanol–water partition coefficient (Wildman–Crippen LogP) is 5.08. The van der Waals surface area contributed by atoms with E-state index in [0.717, 1.165) is 36.3 Å². The molecule has 34 heavy (non-hydrogen) atoms. The number of hydrogen-bond acceptors (Lipinski definition) is 5. The van der Waals surface area contributed by atoms with Crippen molar-refractivity contribution in [3.63, 3.8) is 0 Å². The number of carbonyl (C=O) groups is 1. The van der Waals surface area contributed by atoms with Crippen LogP contribution < -0.4 is 10.2 Å². The third kappa shape index (κ3) is 4.34. The molecule has 2 aromatic carbocycles. The van der Waals surface area contributed by atoms with E-state index in [0.29, 0.717) is 28.8 Å². The largest absolute Gasteiger partial charge is 0.491 e. The zero-order chi connectivity index (χ0) is 24.6. The van der Waals surface area contributed by atoms with E-state index < -0.39 is 6.04 Å². The number of benzene rings is 2. The summed E-state index contributed by atoms with van der Waals surface area (Å²) in [6.45, 7) is 15.1. The fraction of sp³-hybridized carbons (Fsp3) is 0.429. The minimum Gasteiger partial charge on any atom is -0.491 e. The van der Waals surface area contributed by atoms with E-state index in [1.54, 1.807) is 4.90 Å². The van der Waals surface area contributed by atoms with E-state index in [-0.39, 0.29) is 23.2 Å². The first-order chi connectivity index (χ1) is 16.2. The Balaban J connectivity index is 1.88. The van der Waals surface area contributed by atoms with Gasteiger partial charge in [0.1, 0.15) is 11.3 Å². The molecule has 1 aromatic heterocycles. The molecular formula is C28H34N2O4. The molecule has 0 aliphatic carbocycles. The number of nitrogens with zero attached hydrogens (tertiary/aromatic N) is 2. The molecule has 4 rings (SSSR count). The third-order valence-electron chi connectivity index (χ3n) is 6.68. The van der Waals surface area contributed by atoms with E-state index in [1.807, 2.05) is 64.1 Å². The Kier molecular flexibility index (Phi) is 6.80. The Morgan fingerprint density at radius 2 is 1.76 bits per heavy atom. The van der Waals surface area contributed by atoms with Crippen LogP contribution >= 0.6 is 0 Å². The lowest BCUT2D eigenvalue weighted by molar-refractivity contribution is 0.0707. The number of fused-ring (bicyclic) bond motifs is 2. The maximum absolute atomic E-state index is 13.8. The standard InChI is InChI=1S/C28H34N2O4/c1-7-29(8-2)12-13-30-25(20-10-9-11-21(16-20)33-17(3)4)24-26(31)22-14-18(5)19(6)15-23(22)34-27(24)28(30)32/h9-11,14-17,25H,7-8,12-13H2,1-6H3. The molecule has 180 valence electrons. The molecule has 0 saturated carbocycles. The lowest BCUT2D eigenvalue weighted by Gasteiger charge is -2.28. The van der Waals surface area contributed by atoms with Crippen LogP contribution in [0.1, 0.15) is 66.5 Å². The van der Waals surface area contributed by atoms with E-state index in [9.17, 15) is 9.59 Å². The fourth-order valence-electron chi connectivity index (χ4n) is 4.67. The molecule has 0 fully saturated rings. The van der Waals surface area contributed by atoms with E-state index in [2.05, 4.69) is 18.7 Å². The Bertz CT molecular complexity index is 1270. The monoisotopic (exact) mass is 462 g/mol. The van der Waals surface area contributed by atoms with E-state index in [1.165, 1.54) is 0 Å². The summed E-state index contributed by atoms with van der Waals surface area (Å²) in [5, 5.41) is 0.514. The first kappa shape index (κ1) is 24.0. The van der Waals surface area contributed by atoms with Crippen molar-refractivity contribution < 1.29 is 13.9 Å². The Morgan fingerprint density at radius 1 is 1.06 bits per heavy atom. The van der Waals surface area contributed by atoms with Gasteiger partial charge in [-0.25, -0.2) is 0 Å². The van der Waals surface area contributed by atoms with Gasteiger partial charge in [0.15, 0.2) is 5.43 Å². The molecule has 0 N–H and O–H groups in total. The molecule has 0 spiro atoms. The molecule has 2 heterocycles. The number of ether oxygens (including phenoxy) is 1. The van der Waals surface area contributed by atoms with Crippen molar-refractivity contribution in [3.8, 4) is 5.75 Å². The molecule has 1 atom stereocenters. The molecular weight excluding hydrogens is 428 g/mol. The van der Waals surface area contributed by atoms with Crippen molar-refractivity contribution in [2.24, 2.45) is 0 Å². The van der Waals surface area contributed by atoms with Crippen molar-refractivity contribution in [3.05, 3.63) is 74.6 Å². The molecule has 1 unspecified atom stereocenters. The van der Waals surface area contributed by atoms with Gasteiger partial charge in [0.25, 0.3) is 5.91 Å². The summed E-state index contributed by atoms with van der Waals surface area (Å²) < 4.78 is 12.0. The summed E-state index contributed by atoms with van der Waals surface area (Å²) in [4.78, 5) is 31.5. The van der Waals surface area contributed by atoms with Gasteiger partial charge >= 0.3 is 0 Å². The second kappa shape index (κ2) is 9.63. The summed E-state index contributed by atoms with van der Waals surface area (Å²) in [7, 11) is 0. The van der Waals surface area contributed by atoms with Gasteiger partial charge in [0.05, 0.1) is 23.1 Å². The minimum absolute atomic E-state index is 0.0201. The van der Waals surface area contributed by atoms with Crippen LogP contribution in [0.5, 0.6) is 5.75 Å². The number of amides is 1. The van der Waals surface area contributed by atoms with Gasteiger partial charge in [0, 0.05) is 13.1 Å². The van der Waals surface area contributed by atoms with Crippen LogP contribution in [0.25, 0.3) is 11.0 Å². The highest BCUT2D eigenvalue weighted by Crippen LogP contribution is 2.39. The normalized spacial score (nSPS) is 15.6. The van der Waals surface area contributed by atoms with Gasteiger partial charge in [-0.3, -0.25) is 9.59 Å². The molecule has 1 aliphatic rings. The van der Waals surface area contributed by atoms with Crippen molar-refractivity contribution >= 4 is 16.9 Å². The molecule has 0 saturated heterocycles. The number of carbonyl (C=O) groups excluding carboxylic acids is 1. The first-order valence-corrected chi connectivity index (χ1v) is 12.1. The predicted molar refractivity (Wildman–Crippen MR) is 135 cm³/mol. The summed E-state index contributed by atoms with van der Waals surface area (Å²) in [6, 6.07) is 10.9. The van der Waals surface area contributed by atoms with Crippen molar-refractivity contribution in [2.45, 2.75) is 53.7 Å². The van der Waals surface area contributed by atoms with E-state index >= 15 is 0 Å². The summed E-state index contributed by atoms with van der Waals surface area (Å²) in [6.07, 6.45) is 0.0201. The average molecular weight is 463 g/mol.